The molecular formula is C11H12BrClO2. The minimum atomic E-state index is -0.293. The van der Waals surface area contributed by atoms with Crippen LogP contribution in [0.3, 0.4) is 0 Å². The number of benzene rings is 1. The van der Waals surface area contributed by atoms with Crippen molar-refractivity contribution < 1.29 is 9.53 Å². The van der Waals surface area contributed by atoms with Crippen LogP contribution in [0.2, 0.25) is 5.02 Å². The molecule has 0 aromatic heterocycles. The van der Waals surface area contributed by atoms with Crippen molar-refractivity contribution in [3.63, 3.8) is 0 Å². The smallest absolute Gasteiger partial charge is 0.320 e. The van der Waals surface area contributed by atoms with Gasteiger partial charge in [-0.1, -0.05) is 39.7 Å². The SMILES string of the molecule is CCOC(=O)[C@@H](Br)Cc1ccc(Cl)cc1. The predicted molar refractivity (Wildman–Crippen MR) is 64.5 cm³/mol. The Morgan fingerprint density at radius 1 is 1.47 bits per heavy atom. The van der Waals surface area contributed by atoms with Gasteiger partial charge < -0.3 is 4.74 Å². The molecule has 0 N–H and O–H groups in total. The summed E-state index contributed by atoms with van der Waals surface area (Å²) in [5.74, 6) is -0.229. The molecule has 0 heterocycles. The van der Waals surface area contributed by atoms with Gasteiger partial charge >= 0.3 is 5.97 Å². The normalized spacial score (nSPS) is 12.2. The number of hydrogen-bond donors (Lipinski definition) is 0. The van der Waals surface area contributed by atoms with Gasteiger partial charge in [-0.3, -0.25) is 4.79 Å². The monoisotopic (exact) mass is 290 g/mol. The van der Waals surface area contributed by atoms with Gasteiger partial charge in [0.1, 0.15) is 4.83 Å². The molecule has 0 radical (unpaired) electrons. The molecule has 0 saturated heterocycles. The van der Waals surface area contributed by atoms with Crippen molar-refractivity contribution in [1.82, 2.24) is 0 Å². The first-order chi connectivity index (χ1) is 7.13. The van der Waals surface area contributed by atoms with E-state index in [0.717, 1.165) is 5.56 Å². The molecule has 0 aliphatic heterocycles. The van der Waals surface area contributed by atoms with E-state index in [1.54, 1.807) is 6.92 Å². The van der Waals surface area contributed by atoms with Gasteiger partial charge in [0.15, 0.2) is 0 Å². The number of ether oxygens (including phenoxy) is 1. The summed E-state index contributed by atoms with van der Waals surface area (Å²) in [5, 5.41) is 0.695. The molecule has 0 aliphatic carbocycles. The van der Waals surface area contributed by atoms with E-state index < -0.39 is 0 Å². The topological polar surface area (TPSA) is 26.3 Å². The van der Waals surface area contributed by atoms with E-state index in [0.29, 0.717) is 18.1 Å². The Hall–Kier alpha value is -0.540. The van der Waals surface area contributed by atoms with E-state index in [4.69, 9.17) is 16.3 Å². The highest BCUT2D eigenvalue weighted by atomic mass is 79.9. The zero-order chi connectivity index (χ0) is 11.3. The molecule has 1 atom stereocenters. The molecule has 0 unspecified atom stereocenters. The lowest BCUT2D eigenvalue weighted by Gasteiger charge is -2.08. The molecule has 82 valence electrons. The van der Waals surface area contributed by atoms with Gasteiger partial charge in [0.05, 0.1) is 6.61 Å². The molecule has 1 aromatic carbocycles. The summed E-state index contributed by atoms with van der Waals surface area (Å²) in [4.78, 5) is 11.0. The summed E-state index contributed by atoms with van der Waals surface area (Å²) in [7, 11) is 0. The third-order valence-corrected chi connectivity index (χ3v) is 2.82. The minimum absolute atomic E-state index is 0.229. The molecular weight excluding hydrogens is 279 g/mol. The third kappa shape index (κ3) is 4.22. The van der Waals surface area contributed by atoms with Crippen LogP contribution in [0.1, 0.15) is 12.5 Å². The highest BCUT2D eigenvalue weighted by Gasteiger charge is 2.16. The second-order valence-corrected chi connectivity index (χ2v) is 4.59. The second-order valence-electron chi connectivity index (χ2n) is 3.05. The maximum Gasteiger partial charge on any atom is 0.320 e. The van der Waals surface area contributed by atoms with Gasteiger partial charge in [0.2, 0.25) is 0 Å². The molecule has 2 nitrogen and oxygen atoms in total. The Balaban J connectivity index is 2.54. The molecule has 0 aliphatic rings. The molecule has 0 spiro atoms. The molecule has 4 heteroatoms. The van der Waals surface area contributed by atoms with Crippen LogP contribution in [0.25, 0.3) is 0 Å². The van der Waals surface area contributed by atoms with E-state index >= 15 is 0 Å². The van der Waals surface area contributed by atoms with Crippen molar-refractivity contribution in [1.29, 1.82) is 0 Å². The van der Waals surface area contributed by atoms with Crippen molar-refractivity contribution in [2.75, 3.05) is 6.61 Å². The fraction of sp³-hybridized carbons (Fsp3) is 0.364. The fourth-order valence-electron chi connectivity index (χ4n) is 1.14. The molecule has 0 amide bonds. The van der Waals surface area contributed by atoms with Gasteiger partial charge in [-0.15, -0.1) is 0 Å². The van der Waals surface area contributed by atoms with Gasteiger partial charge in [-0.05, 0) is 31.0 Å². The standard InChI is InChI=1S/C11H12BrClO2/c1-2-15-11(14)10(12)7-8-3-5-9(13)6-4-8/h3-6,10H,2,7H2,1H3/t10-/m0/s1. The summed E-state index contributed by atoms with van der Waals surface area (Å²) in [5.41, 5.74) is 1.05. The van der Waals surface area contributed by atoms with Crippen LogP contribution >= 0.6 is 27.5 Å². The van der Waals surface area contributed by atoms with Crippen LogP contribution in [-0.2, 0) is 16.0 Å². The summed E-state index contributed by atoms with van der Waals surface area (Å²) < 4.78 is 4.89. The number of carbonyl (C=O) groups excluding carboxylic acids is 1. The number of carbonyl (C=O) groups is 1. The van der Waals surface area contributed by atoms with Crippen LogP contribution < -0.4 is 0 Å². The lowest BCUT2D eigenvalue weighted by Crippen LogP contribution is -2.19. The Morgan fingerprint density at radius 3 is 2.60 bits per heavy atom. The maximum atomic E-state index is 11.3. The van der Waals surface area contributed by atoms with Crippen molar-refractivity contribution in [2.45, 2.75) is 18.2 Å². The van der Waals surface area contributed by atoms with Crippen LogP contribution in [0.15, 0.2) is 24.3 Å². The Morgan fingerprint density at radius 2 is 2.07 bits per heavy atom. The molecule has 0 bridgehead atoms. The molecule has 0 saturated carbocycles. The van der Waals surface area contributed by atoms with Crippen LogP contribution in [0.4, 0.5) is 0 Å². The number of halogens is 2. The van der Waals surface area contributed by atoms with Gasteiger partial charge in [0.25, 0.3) is 0 Å². The first-order valence-corrected chi connectivity index (χ1v) is 5.98. The number of hydrogen-bond acceptors (Lipinski definition) is 2. The van der Waals surface area contributed by atoms with Gasteiger partial charge in [-0.2, -0.15) is 0 Å². The average molecular weight is 292 g/mol. The van der Waals surface area contributed by atoms with E-state index in [9.17, 15) is 4.79 Å². The van der Waals surface area contributed by atoms with Gasteiger partial charge in [-0.25, -0.2) is 0 Å². The molecule has 1 aromatic rings. The van der Waals surface area contributed by atoms with E-state index in [-0.39, 0.29) is 10.8 Å². The fourth-order valence-corrected chi connectivity index (χ4v) is 1.78. The summed E-state index contributed by atoms with van der Waals surface area (Å²) in [6, 6.07) is 7.41. The first kappa shape index (κ1) is 12.5. The van der Waals surface area contributed by atoms with E-state index in [1.165, 1.54) is 0 Å². The lowest BCUT2D eigenvalue weighted by molar-refractivity contribution is -0.142. The summed E-state index contributed by atoms with van der Waals surface area (Å²) >= 11 is 9.05. The quantitative estimate of drug-likeness (QED) is 0.629. The van der Waals surface area contributed by atoms with Crippen molar-refractivity contribution in [3.05, 3.63) is 34.9 Å². The Kier molecular flexibility index (Phi) is 5.12. The number of esters is 1. The van der Waals surface area contributed by atoms with E-state index in [1.807, 2.05) is 24.3 Å². The second kappa shape index (κ2) is 6.13. The summed E-state index contributed by atoms with van der Waals surface area (Å²) in [6.45, 7) is 2.20. The van der Waals surface area contributed by atoms with Crippen molar-refractivity contribution in [2.24, 2.45) is 0 Å². The Bertz CT molecular complexity index is 324. The third-order valence-electron chi connectivity index (χ3n) is 1.87. The minimum Gasteiger partial charge on any atom is -0.465 e. The van der Waals surface area contributed by atoms with Crippen molar-refractivity contribution in [3.8, 4) is 0 Å². The molecule has 15 heavy (non-hydrogen) atoms. The Labute approximate surface area is 103 Å². The zero-order valence-corrected chi connectivity index (χ0v) is 10.7. The predicted octanol–water partition coefficient (Wildman–Crippen LogP) is 3.21. The first-order valence-electron chi connectivity index (χ1n) is 4.68. The highest BCUT2D eigenvalue weighted by Crippen LogP contribution is 2.14. The van der Waals surface area contributed by atoms with Crippen LogP contribution in [-0.4, -0.2) is 17.4 Å². The van der Waals surface area contributed by atoms with Crippen molar-refractivity contribution >= 4 is 33.5 Å². The lowest BCUT2D eigenvalue weighted by atomic mass is 10.1. The molecule has 1 rings (SSSR count). The summed E-state index contributed by atoms with van der Waals surface area (Å²) in [6.07, 6.45) is 0.607. The largest absolute Gasteiger partial charge is 0.465 e. The number of rotatable bonds is 4. The molecule has 0 fully saturated rings. The van der Waals surface area contributed by atoms with E-state index in [2.05, 4.69) is 15.9 Å². The van der Waals surface area contributed by atoms with Crippen LogP contribution in [0, 0.1) is 0 Å². The zero-order valence-electron chi connectivity index (χ0n) is 8.37. The average Bonchev–Trinajstić information content (AvgIpc) is 2.22. The highest BCUT2D eigenvalue weighted by molar-refractivity contribution is 9.10. The maximum absolute atomic E-state index is 11.3. The number of alkyl halides is 1. The van der Waals surface area contributed by atoms with Gasteiger partial charge in [0, 0.05) is 5.02 Å². The van der Waals surface area contributed by atoms with Crippen LogP contribution in [0.5, 0.6) is 0 Å².